The van der Waals surface area contributed by atoms with Gasteiger partial charge in [0.05, 0.1) is 11.5 Å². The molecule has 2 heteroatoms. The largest absolute Gasteiger partial charge is 0.393 e. The first-order chi connectivity index (χ1) is 12.2. The molecule has 0 aliphatic heterocycles. The smallest absolute Gasteiger partial charge is 0.173 e. The molecule has 1 spiro atoms. The Labute approximate surface area is 151 Å². The molecular formula is C23H30O2. The summed E-state index contributed by atoms with van der Waals surface area (Å²) in [6.07, 6.45) is 2.44. The second kappa shape index (κ2) is 8.44. The lowest BCUT2D eigenvalue weighted by Crippen LogP contribution is -2.34. The molecule has 0 amide bonds. The van der Waals surface area contributed by atoms with Crippen molar-refractivity contribution in [3.63, 3.8) is 0 Å². The predicted molar refractivity (Wildman–Crippen MR) is 104 cm³/mol. The Bertz CT molecular complexity index is 720. The molecule has 1 N–H and O–H groups in total. The first-order valence-corrected chi connectivity index (χ1v) is 9.60. The summed E-state index contributed by atoms with van der Waals surface area (Å²) in [5.74, 6) is 0.194. The molecule has 1 fully saturated rings. The van der Waals surface area contributed by atoms with Crippen LogP contribution in [0.1, 0.15) is 74.0 Å². The molecule has 2 aliphatic rings. The van der Waals surface area contributed by atoms with Crippen LogP contribution in [0.5, 0.6) is 0 Å². The van der Waals surface area contributed by atoms with E-state index in [-0.39, 0.29) is 11.9 Å². The van der Waals surface area contributed by atoms with Gasteiger partial charge in [-0.25, -0.2) is 0 Å². The molecule has 0 saturated heterocycles. The Morgan fingerprint density at radius 1 is 0.920 bits per heavy atom. The number of hydrogen-bond acceptors (Lipinski definition) is 2. The monoisotopic (exact) mass is 338 g/mol. The van der Waals surface area contributed by atoms with Crippen molar-refractivity contribution in [3.05, 3.63) is 70.8 Å². The zero-order valence-corrected chi connectivity index (χ0v) is 15.9. The highest BCUT2D eigenvalue weighted by molar-refractivity contribution is 6.06. The Morgan fingerprint density at radius 2 is 1.52 bits per heavy atom. The Morgan fingerprint density at radius 3 is 2.16 bits per heavy atom. The molecule has 2 aromatic carbocycles. The lowest BCUT2D eigenvalue weighted by molar-refractivity contribution is 0.0864. The minimum absolute atomic E-state index is 0.194. The summed E-state index contributed by atoms with van der Waals surface area (Å²) < 4.78 is 0. The molecule has 2 aliphatic carbocycles. The predicted octanol–water partition coefficient (Wildman–Crippen LogP) is 5.31. The molecule has 0 heterocycles. The van der Waals surface area contributed by atoms with Crippen LogP contribution in [0, 0.1) is 0 Å². The Hall–Kier alpha value is -1.93. The van der Waals surface area contributed by atoms with Crippen LogP contribution < -0.4 is 0 Å². The van der Waals surface area contributed by atoms with E-state index in [2.05, 4.69) is 18.2 Å². The van der Waals surface area contributed by atoms with Crippen molar-refractivity contribution in [1.29, 1.82) is 0 Å². The number of Topliss-reactive ketones (excluding diaryl/α,β-unsaturated/α-hetero) is 1. The lowest BCUT2D eigenvalue weighted by Gasteiger charge is -2.28. The average molecular weight is 338 g/mol. The van der Waals surface area contributed by atoms with Crippen molar-refractivity contribution in [3.8, 4) is 0 Å². The van der Waals surface area contributed by atoms with Crippen LogP contribution in [0.3, 0.4) is 0 Å². The van der Waals surface area contributed by atoms with E-state index >= 15 is 0 Å². The van der Waals surface area contributed by atoms with Gasteiger partial charge in [-0.1, -0.05) is 76.2 Å². The highest BCUT2D eigenvalue weighted by Crippen LogP contribution is 2.47. The van der Waals surface area contributed by atoms with Crippen molar-refractivity contribution < 1.29 is 9.90 Å². The minimum Gasteiger partial charge on any atom is -0.393 e. The molecule has 0 bridgehead atoms. The lowest BCUT2D eigenvalue weighted by atomic mass is 9.72. The normalized spacial score (nSPS) is 23.4. The summed E-state index contributed by atoms with van der Waals surface area (Å²) >= 11 is 0. The molecule has 0 aromatic heterocycles. The molecule has 2 nitrogen and oxygen atoms in total. The number of aliphatic hydroxyl groups is 1. The van der Waals surface area contributed by atoms with Crippen LogP contribution in [0.25, 0.3) is 0 Å². The van der Waals surface area contributed by atoms with Gasteiger partial charge in [-0.05, 0) is 42.4 Å². The fourth-order valence-corrected chi connectivity index (χ4v) is 4.09. The van der Waals surface area contributed by atoms with E-state index < -0.39 is 5.41 Å². The topological polar surface area (TPSA) is 37.3 Å². The van der Waals surface area contributed by atoms with E-state index in [4.69, 9.17) is 0 Å². The third kappa shape index (κ3) is 3.41. The van der Waals surface area contributed by atoms with Gasteiger partial charge in [-0.2, -0.15) is 0 Å². The van der Waals surface area contributed by atoms with Crippen molar-refractivity contribution >= 4 is 5.78 Å². The maximum atomic E-state index is 13.3. The van der Waals surface area contributed by atoms with Crippen molar-refractivity contribution in [2.45, 2.75) is 64.9 Å². The highest BCUT2D eigenvalue weighted by atomic mass is 16.3. The van der Waals surface area contributed by atoms with E-state index in [1.807, 2.05) is 58.0 Å². The number of fused-ring (bicyclic) bond motifs is 3. The van der Waals surface area contributed by atoms with E-state index in [0.29, 0.717) is 12.8 Å². The summed E-state index contributed by atoms with van der Waals surface area (Å²) in [5.41, 5.74) is 3.77. The first-order valence-electron chi connectivity index (χ1n) is 9.60. The SMILES string of the molecule is CC.CC.O=C1c2ccccc2Cc2ccccc2C12CCC(O)C2. The maximum absolute atomic E-state index is 13.3. The average Bonchev–Trinajstić information content (AvgIpc) is 3.04. The quantitative estimate of drug-likeness (QED) is 0.707. The van der Waals surface area contributed by atoms with E-state index in [9.17, 15) is 9.90 Å². The Kier molecular flexibility index (Phi) is 6.55. The number of benzene rings is 2. The van der Waals surface area contributed by atoms with Crippen molar-refractivity contribution in [2.75, 3.05) is 0 Å². The molecular weight excluding hydrogens is 308 g/mol. The van der Waals surface area contributed by atoms with Crippen LogP contribution in [0.15, 0.2) is 48.5 Å². The van der Waals surface area contributed by atoms with Gasteiger partial charge in [-0.3, -0.25) is 4.79 Å². The number of rotatable bonds is 0. The van der Waals surface area contributed by atoms with Crippen LogP contribution in [0.4, 0.5) is 0 Å². The number of ketones is 1. The zero-order chi connectivity index (χ0) is 18.4. The second-order valence-electron chi connectivity index (χ2n) is 6.30. The molecule has 25 heavy (non-hydrogen) atoms. The van der Waals surface area contributed by atoms with Gasteiger partial charge in [-0.15, -0.1) is 0 Å². The summed E-state index contributed by atoms with van der Waals surface area (Å²) in [6.45, 7) is 8.00. The third-order valence-corrected chi connectivity index (χ3v) is 5.10. The van der Waals surface area contributed by atoms with E-state index in [1.165, 1.54) is 5.56 Å². The fraction of sp³-hybridized carbons (Fsp3) is 0.435. The standard InChI is InChI=1S/C19H18O2.2C2H6/c20-15-9-10-19(12-15)17-8-4-2-6-14(17)11-13-5-1-3-7-16(13)18(19)21;2*1-2/h1-8,15,20H,9-12H2;2*1-2H3. The van der Waals surface area contributed by atoms with Gasteiger partial charge in [0.2, 0.25) is 0 Å². The van der Waals surface area contributed by atoms with Gasteiger partial charge >= 0.3 is 0 Å². The van der Waals surface area contributed by atoms with Gasteiger partial charge in [0.25, 0.3) is 0 Å². The van der Waals surface area contributed by atoms with Crippen molar-refractivity contribution in [1.82, 2.24) is 0 Å². The van der Waals surface area contributed by atoms with Crippen LogP contribution >= 0.6 is 0 Å². The number of aliphatic hydroxyl groups excluding tert-OH is 1. The maximum Gasteiger partial charge on any atom is 0.173 e. The van der Waals surface area contributed by atoms with Crippen LogP contribution in [-0.2, 0) is 11.8 Å². The van der Waals surface area contributed by atoms with Gasteiger partial charge in [0.15, 0.2) is 5.78 Å². The highest BCUT2D eigenvalue weighted by Gasteiger charge is 2.48. The molecule has 4 rings (SSSR count). The number of carbonyl (C=O) groups is 1. The summed E-state index contributed by atoms with van der Waals surface area (Å²) in [4.78, 5) is 13.3. The minimum atomic E-state index is -0.525. The number of carbonyl (C=O) groups excluding carboxylic acids is 1. The second-order valence-corrected chi connectivity index (χ2v) is 6.30. The van der Waals surface area contributed by atoms with Crippen molar-refractivity contribution in [2.24, 2.45) is 0 Å². The molecule has 1 saturated carbocycles. The summed E-state index contributed by atoms with van der Waals surface area (Å²) in [5, 5.41) is 10.1. The van der Waals surface area contributed by atoms with Crippen LogP contribution in [-0.4, -0.2) is 17.0 Å². The fourth-order valence-electron chi connectivity index (χ4n) is 4.09. The van der Waals surface area contributed by atoms with E-state index in [0.717, 1.165) is 29.5 Å². The van der Waals surface area contributed by atoms with E-state index in [1.54, 1.807) is 0 Å². The molecule has 134 valence electrons. The van der Waals surface area contributed by atoms with Gasteiger partial charge in [0.1, 0.15) is 0 Å². The van der Waals surface area contributed by atoms with Gasteiger partial charge < -0.3 is 5.11 Å². The molecule has 0 radical (unpaired) electrons. The third-order valence-electron chi connectivity index (χ3n) is 5.10. The molecule has 2 aromatic rings. The zero-order valence-electron chi connectivity index (χ0n) is 15.9. The molecule has 2 unspecified atom stereocenters. The van der Waals surface area contributed by atoms with Crippen LogP contribution in [0.2, 0.25) is 0 Å². The summed E-state index contributed by atoms with van der Waals surface area (Å²) in [6, 6.07) is 16.2. The Balaban J connectivity index is 0.000000528. The first kappa shape index (κ1) is 19.4. The number of hydrogen-bond donors (Lipinski definition) is 1. The molecule has 2 atom stereocenters. The summed E-state index contributed by atoms with van der Waals surface area (Å²) in [7, 11) is 0. The van der Waals surface area contributed by atoms with Gasteiger partial charge in [0, 0.05) is 5.56 Å².